The fourth-order valence-electron chi connectivity index (χ4n) is 6.12. The zero-order chi connectivity index (χ0) is 20.7. The number of hydrogen-bond donors (Lipinski definition) is 1. The van der Waals surface area contributed by atoms with Crippen LogP contribution in [0.15, 0.2) is 36.5 Å². The van der Waals surface area contributed by atoms with E-state index in [0.717, 1.165) is 30.4 Å². The molecule has 2 aliphatic carbocycles. The molecule has 0 aromatic carbocycles. The molecule has 3 rings (SSSR count). The minimum absolute atomic E-state index is 0.0375. The molecule has 3 aliphatic rings. The first-order chi connectivity index (χ1) is 13.3. The number of hydrogen-bond acceptors (Lipinski definition) is 5. The van der Waals surface area contributed by atoms with Gasteiger partial charge in [-0.15, -0.1) is 0 Å². The third-order valence-electron chi connectivity index (χ3n) is 7.83. The van der Waals surface area contributed by atoms with Gasteiger partial charge in [0, 0.05) is 21.3 Å². The quantitative estimate of drug-likeness (QED) is 0.527. The van der Waals surface area contributed by atoms with Gasteiger partial charge >= 0.3 is 0 Å². The first-order valence-electron chi connectivity index (χ1n) is 10.2. The number of methoxy groups -OCH3 is 3. The van der Waals surface area contributed by atoms with E-state index in [2.05, 4.69) is 27.0 Å². The lowest BCUT2D eigenvalue weighted by molar-refractivity contribution is -0.257. The third kappa shape index (κ3) is 3.03. The molecule has 0 aromatic heterocycles. The highest BCUT2D eigenvalue weighted by Crippen LogP contribution is 2.67. The van der Waals surface area contributed by atoms with Gasteiger partial charge in [-0.2, -0.15) is 0 Å². The van der Waals surface area contributed by atoms with Crippen molar-refractivity contribution in [2.24, 2.45) is 22.7 Å². The third-order valence-corrected chi connectivity index (χ3v) is 7.83. The molecule has 1 saturated heterocycles. The second-order valence-electron chi connectivity index (χ2n) is 8.91. The average Bonchev–Trinajstić information content (AvgIpc) is 3.01. The molecule has 5 nitrogen and oxygen atoms in total. The van der Waals surface area contributed by atoms with Crippen LogP contribution in [0.3, 0.4) is 0 Å². The highest BCUT2D eigenvalue weighted by molar-refractivity contribution is 5.34. The molecule has 1 spiro atoms. The van der Waals surface area contributed by atoms with Crippen molar-refractivity contribution in [2.45, 2.75) is 64.3 Å². The molecule has 0 unspecified atom stereocenters. The lowest BCUT2D eigenvalue weighted by Gasteiger charge is -2.61. The van der Waals surface area contributed by atoms with Gasteiger partial charge in [-0.1, -0.05) is 44.7 Å². The maximum Gasteiger partial charge on any atom is 0.183 e. The van der Waals surface area contributed by atoms with Gasteiger partial charge in [0.1, 0.15) is 0 Å². The zero-order valence-corrected chi connectivity index (χ0v) is 17.9. The molecule has 0 amide bonds. The summed E-state index contributed by atoms with van der Waals surface area (Å²) in [5.74, 6) is 0.544. The van der Waals surface area contributed by atoms with E-state index in [9.17, 15) is 5.11 Å². The van der Waals surface area contributed by atoms with E-state index in [-0.39, 0.29) is 17.4 Å². The summed E-state index contributed by atoms with van der Waals surface area (Å²) in [5.41, 5.74) is 1.51. The van der Waals surface area contributed by atoms with Crippen LogP contribution >= 0.6 is 0 Å². The number of aliphatic hydroxyl groups is 1. The van der Waals surface area contributed by atoms with Crippen LogP contribution in [0.2, 0.25) is 0 Å². The molecule has 1 N–H and O–H groups in total. The van der Waals surface area contributed by atoms with Crippen molar-refractivity contribution in [1.29, 1.82) is 0 Å². The Morgan fingerprint density at radius 2 is 2.00 bits per heavy atom. The molecule has 158 valence electrons. The van der Waals surface area contributed by atoms with E-state index in [1.54, 1.807) is 21.3 Å². The van der Waals surface area contributed by atoms with Crippen molar-refractivity contribution in [3.8, 4) is 0 Å². The SMILES string of the molecule is C=CC(=C)CC[C@]1(C)[C@H](C)C[C@H](OC)[C@@]23C(=C[C@H](O)C[C@@H]12)[C@@H](OC)O[C@H]3OC. The Morgan fingerprint density at radius 1 is 1.29 bits per heavy atom. The van der Waals surface area contributed by atoms with E-state index in [4.69, 9.17) is 18.9 Å². The van der Waals surface area contributed by atoms with E-state index in [1.807, 2.05) is 12.2 Å². The second kappa shape index (κ2) is 8.04. The molecule has 0 aromatic rings. The lowest BCUT2D eigenvalue weighted by atomic mass is 9.45. The van der Waals surface area contributed by atoms with Crippen LogP contribution in [0, 0.1) is 22.7 Å². The largest absolute Gasteiger partial charge is 0.389 e. The van der Waals surface area contributed by atoms with Crippen LogP contribution in [-0.4, -0.2) is 51.2 Å². The average molecular weight is 393 g/mol. The van der Waals surface area contributed by atoms with Gasteiger partial charge in [0.05, 0.1) is 17.6 Å². The molecule has 0 radical (unpaired) electrons. The smallest absolute Gasteiger partial charge is 0.183 e. The summed E-state index contributed by atoms with van der Waals surface area (Å²) >= 11 is 0. The van der Waals surface area contributed by atoms with Gasteiger partial charge in [0.25, 0.3) is 0 Å². The van der Waals surface area contributed by atoms with Crippen molar-refractivity contribution < 1.29 is 24.1 Å². The molecule has 1 heterocycles. The predicted octanol–water partition coefficient (Wildman–Crippen LogP) is 3.84. The summed E-state index contributed by atoms with van der Waals surface area (Å²) in [6.45, 7) is 12.6. The van der Waals surface area contributed by atoms with Crippen LogP contribution in [0.1, 0.15) is 39.5 Å². The van der Waals surface area contributed by atoms with Gasteiger partial charge in [-0.3, -0.25) is 0 Å². The van der Waals surface area contributed by atoms with E-state index >= 15 is 0 Å². The van der Waals surface area contributed by atoms with E-state index in [0.29, 0.717) is 12.3 Å². The highest BCUT2D eigenvalue weighted by atomic mass is 16.8. The molecule has 2 fully saturated rings. The molecule has 28 heavy (non-hydrogen) atoms. The van der Waals surface area contributed by atoms with Crippen molar-refractivity contribution in [2.75, 3.05) is 21.3 Å². The Labute approximate surface area is 169 Å². The minimum atomic E-state index is -0.533. The standard InChI is InChI=1S/C23H36O5/c1-8-14(2)9-10-22(4)15(3)11-19(25-5)23-17(12-16(24)13-18(22)23)20(26-6)28-21(23)27-7/h8,12,15-16,18-21,24H,1-2,9-11,13H2,3-7H3/t15-,16+,18+,19+,20+,21-,22-,23-/m1/s1. The monoisotopic (exact) mass is 392 g/mol. The van der Waals surface area contributed by atoms with E-state index in [1.165, 1.54) is 0 Å². The topological polar surface area (TPSA) is 57.2 Å². The van der Waals surface area contributed by atoms with Crippen molar-refractivity contribution in [3.63, 3.8) is 0 Å². The van der Waals surface area contributed by atoms with Crippen molar-refractivity contribution >= 4 is 0 Å². The van der Waals surface area contributed by atoms with Gasteiger partial charge in [0.15, 0.2) is 12.6 Å². The predicted molar refractivity (Wildman–Crippen MR) is 109 cm³/mol. The molecule has 1 aliphatic heterocycles. The fraction of sp³-hybridized carbons (Fsp3) is 0.739. The number of ether oxygens (including phenoxy) is 4. The lowest BCUT2D eigenvalue weighted by Crippen LogP contribution is -2.63. The first-order valence-corrected chi connectivity index (χ1v) is 10.2. The Bertz CT molecular complexity index is 643. The van der Waals surface area contributed by atoms with Crippen molar-refractivity contribution in [3.05, 3.63) is 36.5 Å². The van der Waals surface area contributed by atoms with Gasteiger partial charge in [-0.25, -0.2) is 0 Å². The number of aliphatic hydroxyl groups excluding tert-OH is 1. The Balaban J connectivity index is 2.13. The first kappa shape index (κ1) is 21.7. The van der Waals surface area contributed by atoms with Crippen LogP contribution in [0.25, 0.3) is 0 Å². The van der Waals surface area contributed by atoms with Gasteiger partial charge in [0.2, 0.25) is 0 Å². The molecule has 5 heteroatoms. The van der Waals surface area contributed by atoms with E-state index < -0.39 is 24.1 Å². The minimum Gasteiger partial charge on any atom is -0.389 e. The van der Waals surface area contributed by atoms with Crippen LogP contribution < -0.4 is 0 Å². The summed E-state index contributed by atoms with van der Waals surface area (Å²) in [5, 5.41) is 10.8. The maximum atomic E-state index is 10.8. The zero-order valence-electron chi connectivity index (χ0n) is 17.9. The molecule has 8 atom stereocenters. The van der Waals surface area contributed by atoms with Gasteiger partial charge in [-0.05, 0) is 48.5 Å². The molecule has 1 saturated carbocycles. The Kier molecular flexibility index (Phi) is 6.23. The molecular formula is C23H36O5. The highest BCUT2D eigenvalue weighted by Gasteiger charge is 2.70. The second-order valence-corrected chi connectivity index (χ2v) is 8.91. The fourth-order valence-corrected chi connectivity index (χ4v) is 6.12. The molecular weight excluding hydrogens is 356 g/mol. The molecule has 0 bridgehead atoms. The van der Waals surface area contributed by atoms with Crippen LogP contribution in [-0.2, 0) is 18.9 Å². The Hall–Kier alpha value is -0.980. The normalized spacial score (nSPS) is 45.1. The summed E-state index contributed by atoms with van der Waals surface area (Å²) < 4.78 is 23.8. The number of allylic oxidation sites excluding steroid dienone is 2. The van der Waals surface area contributed by atoms with Crippen molar-refractivity contribution in [1.82, 2.24) is 0 Å². The number of rotatable bonds is 7. The summed E-state index contributed by atoms with van der Waals surface area (Å²) in [4.78, 5) is 0. The summed E-state index contributed by atoms with van der Waals surface area (Å²) in [7, 11) is 5.08. The van der Waals surface area contributed by atoms with Crippen LogP contribution in [0.5, 0.6) is 0 Å². The Morgan fingerprint density at radius 3 is 2.57 bits per heavy atom. The summed E-state index contributed by atoms with van der Waals surface area (Å²) in [6.07, 6.45) is 5.56. The van der Waals surface area contributed by atoms with Gasteiger partial charge < -0.3 is 24.1 Å². The maximum absolute atomic E-state index is 10.8. The van der Waals surface area contributed by atoms with Crippen LogP contribution in [0.4, 0.5) is 0 Å². The summed E-state index contributed by atoms with van der Waals surface area (Å²) in [6, 6.07) is 0.